The van der Waals surface area contributed by atoms with Gasteiger partial charge in [0.2, 0.25) is 0 Å². The first-order valence-corrected chi connectivity index (χ1v) is 6.56. The molecule has 2 rings (SSSR count). The van der Waals surface area contributed by atoms with Gasteiger partial charge in [-0.05, 0) is 30.5 Å². The molecule has 0 saturated carbocycles. The summed E-state index contributed by atoms with van der Waals surface area (Å²) >= 11 is 1.34. The first-order chi connectivity index (χ1) is 9.20. The summed E-state index contributed by atoms with van der Waals surface area (Å²) < 4.78 is 4.88. The largest absolute Gasteiger partial charge is 0.462 e. The zero-order valence-corrected chi connectivity index (χ0v) is 11.1. The molecule has 2 heterocycles. The van der Waals surface area contributed by atoms with Gasteiger partial charge >= 0.3 is 5.97 Å². The second-order valence-electron chi connectivity index (χ2n) is 3.58. The lowest BCUT2D eigenvalue weighted by Crippen LogP contribution is -2.12. The summed E-state index contributed by atoms with van der Waals surface area (Å²) in [5, 5.41) is 4.45. The fraction of sp³-hybridized carbons (Fsp3) is 0.154. The van der Waals surface area contributed by atoms with Gasteiger partial charge in [0.05, 0.1) is 17.0 Å². The van der Waals surface area contributed by atoms with Gasteiger partial charge in [-0.3, -0.25) is 4.79 Å². The molecule has 5 nitrogen and oxygen atoms in total. The van der Waals surface area contributed by atoms with E-state index in [1.165, 1.54) is 23.6 Å². The van der Waals surface area contributed by atoms with Crippen molar-refractivity contribution in [3.8, 4) is 0 Å². The summed E-state index contributed by atoms with van der Waals surface area (Å²) in [6, 6.07) is 6.54. The molecule has 0 unspecified atom stereocenters. The monoisotopic (exact) mass is 276 g/mol. The first-order valence-electron chi connectivity index (χ1n) is 5.68. The quantitative estimate of drug-likeness (QED) is 0.871. The third-order valence-electron chi connectivity index (χ3n) is 2.26. The maximum atomic E-state index is 11.8. The minimum Gasteiger partial charge on any atom is -0.462 e. The van der Waals surface area contributed by atoms with Gasteiger partial charge in [-0.25, -0.2) is 9.78 Å². The summed E-state index contributed by atoms with van der Waals surface area (Å²) in [6.07, 6.45) is 1.45. The lowest BCUT2D eigenvalue weighted by Gasteiger charge is -2.05. The van der Waals surface area contributed by atoms with Crippen molar-refractivity contribution in [1.29, 1.82) is 0 Å². The van der Waals surface area contributed by atoms with Crippen molar-refractivity contribution in [2.75, 3.05) is 11.9 Å². The van der Waals surface area contributed by atoms with E-state index >= 15 is 0 Å². The van der Waals surface area contributed by atoms with Crippen molar-refractivity contribution >= 4 is 29.0 Å². The van der Waals surface area contributed by atoms with Crippen LogP contribution in [0.1, 0.15) is 27.0 Å². The van der Waals surface area contributed by atoms with Gasteiger partial charge < -0.3 is 10.1 Å². The molecule has 2 aromatic heterocycles. The molecule has 2 aromatic rings. The second kappa shape index (κ2) is 6.10. The summed E-state index contributed by atoms with van der Waals surface area (Å²) in [5.41, 5.74) is 0.360. The van der Waals surface area contributed by atoms with Crippen molar-refractivity contribution in [2.45, 2.75) is 6.92 Å². The highest BCUT2D eigenvalue weighted by Crippen LogP contribution is 2.13. The van der Waals surface area contributed by atoms with Gasteiger partial charge in [-0.15, -0.1) is 11.3 Å². The maximum absolute atomic E-state index is 11.8. The van der Waals surface area contributed by atoms with Crippen LogP contribution in [0.2, 0.25) is 0 Å². The molecule has 0 aliphatic heterocycles. The molecule has 98 valence electrons. The second-order valence-corrected chi connectivity index (χ2v) is 4.53. The molecule has 0 fully saturated rings. The predicted molar refractivity (Wildman–Crippen MR) is 72.5 cm³/mol. The number of hydrogen-bond acceptors (Lipinski definition) is 5. The SMILES string of the molecule is CCOC(=O)c1ccnc(NC(=O)c2cccs2)c1. The van der Waals surface area contributed by atoms with Crippen molar-refractivity contribution in [2.24, 2.45) is 0 Å². The molecule has 0 aliphatic rings. The molecular weight excluding hydrogens is 264 g/mol. The summed E-state index contributed by atoms with van der Waals surface area (Å²) in [7, 11) is 0. The van der Waals surface area contributed by atoms with E-state index in [4.69, 9.17) is 4.74 Å². The molecule has 1 N–H and O–H groups in total. The van der Waals surface area contributed by atoms with Gasteiger partial charge in [-0.2, -0.15) is 0 Å². The lowest BCUT2D eigenvalue weighted by atomic mass is 10.2. The summed E-state index contributed by atoms with van der Waals surface area (Å²) in [5.74, 6) is -0.357. The minimum atomic E-state index is -0.434. The summed E-state index contributed by atoms with van der Waals surface area (Å²) in [4.78, 5) is 28.0. The number of anilines is 1. The van der Waals surface area contributed by atoms with Crippen LogP contribution in [0, 0.1) is 0 Å². The van der Waals surface area contributed by atoms with Gasteiger partial charge in [0.25, 0.3) is 5.91 Å². The highest BCUT2D eigenvalue weighted by Gasteiger charge is 2.11. The molecule has 0 aromatic carbocycles. The van der Waals surface area contributed by atoms with Crippen LogP contribution in [0.3, 0.4) is 0 Å². The van der Waals surface area contributed by atoms with Crippen molar-refractivity contribution in [1.82, 2.24) is 4.98 Å². The highest BCUT2D eigenvalue weighted by atomic mass is 32.1. The maximum Gasteiger partial charge on any atom is 0.338 e. The molecule has 1 amide bonds. The van der Waals surface area contributed by atoms with Crippen molar-refractivity contribution < 1.29 is 14.3 Å². The Labute approximate surface area is 114 Å². The zero-order chi connectivity index (χ0) is 13.7. The number of thiophene rings is 1. The van der Waals surface area contributed by atoms with Gasteiger partial charge in [0, 0.05) is 6.20 Å². The van der Waals surface area contributed by atoms with Crippen LogP contribution in [-0.4, -0.2) is 23.5 Å². The van der Waals surface area contributed by atoms with Crippen molar-refractivity contribution in [3.05, 3.63) is 46.3 Å². The number of nitrogens with one attached hydrogen (secondary N) is 1. The topological polar surface area (TPSA) is 68.3 Å². The Bertz CT molecular complexity index is 581. The standard InChI is InChI=1S/C13H12N2O3S/c1-2-18-13(17)9-5-6-14-11(8-9)15-12(16)10-4-3-7-19-10/h3-8H,2H2,1H3,(H,14,15,16). The molecule has 0 aliphatic carbocycles. The van der Waals surface area contributed by atoms with E-state index in [1.54, 1.807) is 25.1 Å². The van der Waals surface area contributed by atoms with Gasteiger partial charge in [-0.1, -0.05) is 6.07 Å². The number of hydrogen-bond donors (Lipinski definition) is 1. The Kier molecular flexibility index (Phi) is 4.25. The number of esters is 1. The van der Waals surface area contributed by atoms with Gasteiger partial charge in [0.1, 0.15) is 5.82 Å². The number of carbonyl (C=O) groups is 2. The number of nitrogens with zero attached hydrogens (tertiary/aromatic N) is 1. The Morgan fingerprint density at radius 3 is 2.95 bits per heavy atom. The van der Waals surface area contributed by atoms with E-state index in [-0.39, 0.29) is 5.91 Å². The number of rotatable bonds is 4. The minimum absolute atomic E-state index is 0.247. The lowest BCUT2D eigenvalue weighted by molar-refractivity contribution is 0.0526. The third-order valence-corrected chi connectivity index (χ3v) is 3.13. The molecule has 0 radical (unpaired) electrons. The van der Waals surface area contributed by atoms with Crippen LogP contribution < -0.4 is 5.32 Å². The predicted octanol–water partition coefficient (Wildman–Crippen LogP) is 2.57. The average molecular weight is 276 g/mol. The number of aromatic nitrogens is 1. The van der Waals surface area contributed by atoms with E-state index in [9.17, 15) is 9.59 Å². The number of ether oxygens (including phenoxy) is 1. The Hall–Kier alpha value is -2.21. The van der Waals surface area contributed by atoms with Crippen LogP contribution in [-0.2, 0) is 4.74 Å². The molecule has 0 spiro atoms. The Morgan fingerprint density at radius 1 is 1.42 bits per heavy atom. The van der Waals surface area contributed by atoms with Crippen molar-refractivity contribution in [3.63, 3.8) is 0 Å². The van der Waals surface area contributed by atoms with Crippen LogP contribution in [0.4, 0.5) is 5.82 Å². The van der Waals surface area contributed by atoms with E-state index < -0.39 is 5.97 Å². The van der Waals surface area contributed by atoms with Crippen LogP contribution >= 0.6 is 11.3 Å². The van der Waals surface area contributed by atoms with Crippen LogP contribution in [0.5, 0.6) is 0 Å². The smallest absolute Gasteiger partial charge is 0.338 e. The number of pyridine rings is 1. The average Bonchev–Trinajstić information content (AvgIpc) is 2.93. The first kappa shape index (κ1) is 13.2. The normalized spacial score (nSPS) is 9.95. The third kappa shape index (κ3) is 3.38. The summed E-state index contributed by atoms with van der Waals surface area (Å²) in [6.45, 7) is 2.04. The van der Waals surface area contributed by atoms with E-state index in [1.807, 2.05) is 5.38 Å². The Morgan fingerprint density at radius 2 is 2.26 bits per heavy atom. The fourth-order valence-corrected chi connectivity index (χ4v) is 2.04. The number of carbonyl (C=O) groups excluding carboxylic acids is 2. The highest BCUT2D eigenvalue weighted by molar-refractivity contribution is 7.12. The van der Waals surface area contributed by atoms with Gasteiger partial charge in [0.15, 0.2) is 0 Å². The molecule has 0 atom stereocenters. The van der Waals surface area contributed by atoms with E-state index in [0.717, 1.165) is 0 Å². The Balaban J connectivity index is 2.11. The van der Waals surface area contributed by atoms with E-state index in [2.05, 4.69) is 10.3 Å². The molecule has 19 heavy (non-hydrogen) atoms. The molecule has 6 heteroatoms. The van der Waals surface area contributed by atoms with Crippen LogP contribution in [0.15, 0.2) is 35.8 Å². The zero-order valence-electron chi connectivity index (χ0n) is 10.3. The molecular formula is C13H12N2O3S. The van der Waals surface area contributed by atoms with E-state index in [0.29, 0.717) is 22.9 Å². The fourth-order valence-electron chi connectivity index (χ4n) is 1.43. The molecule has 0 bridgehead atoms. The molecule has 0 saturated heterocycles. The van der Waals surface area contributed by atoms with Crippen LogP contribution in [0.25, 0.3) is 0 Å². The number of amides is 1.